The molecule has 0 unspecified atom stereocenters. The second-order valence-electron chi connectivity index (χ2n) is 6.62. The van der Waals surface area contributed by atoms with Crippen LogP contribution in [0.25, 0.3) is 0 Å². The Kier molecular flexibility index (Phi) is 4.76. The predicted molar refractivity (Wildman–Crippen MR) is 88.8 cm³/mol. The third-order valence-corrected chi connectivity index (χ3v) is 5.23. The molecule has 1 saturated heterocycles. The molecule has 0 aromatic heterocycles. The molecule has 0 bridgehead atoms. The number of hydrogen-bond acceptors (Lipinski definition) is 4. The third-order valence-electron chi connectivity index (χ3n) is 5.23. The van der Waals surface area contributed by atoms with Gasteiger partial charge in [-0.15, -0.1) is 0 Å². The summed E-state index contributed by atoms with van der Waals surface area (Å²) in [6.07, 6.45) is 3.96. The fourth-order valence-electron chi connectivity index (χ4n) is 3.83. The molecule has 1 aromatic carbocycles. The van der Waals surface area contributed by atoms with Gasteiger partial charge >= 0.3 is 0 Å². The quantitative estimate of drug-likeness (QED) is 0.924. The van der Waals surface area contributed by atoms with Crippen molar-refractivity contribution in [1.29, 1.82) is 0 Å². The minimum absolute atomic E-state index is 0.0218. The van der Waals surface area contributed by atoms with E-state index in [0.717, 1.165) is 50.3 Å². The number of amides is 1. The van der Waals surface area contributed by atoms with E-state index in [1.807, 2.05) is 23.1 Å². The number of nitrogens with two attached hydrogens (primary N) is 1. The predicted octanol–water partition coefficient (Wildman–Crippen LogP) is 2.15. The number of benzene rings is 1. The summed E-state index contributed by atoms with van der Waals surface area (Å²) in [6, 6.07) is 6.00. The van der Waals surface area contributed by atoms with Crippen molar-refractivity contribution in [1.82, 2.24) is 4.90 Å². The normalized spacial score (nSPS) is 27.3. The van der Waals surface area contributed by atoms with Crippen molar-refractivity contribution in [3.63, 3.8) is 0 Å². The lowest BCUT2D eigenvalue weighted by molar-refractivity contribution is -0.134. The Balaban J connectivity index is 1.71. The number of nitrogens with zero attached hydrogens (tertiary/aromatic N) is 1. The standard InChI is InChI=1S/C18H26N2O3/c1-22-14-8-13(9-15(10-14)23-2)12-6-7-20(11-12)18(21)16-4-3-5-17(16)19/h8-10,12,16-17H,3-7,11,19H2,1-2H3/t12-,16+,17+/m1/s1. The highest BCUT2D eigenvalue weighted by Crippen LogP contribution is 2.34. The molecule has 2 fully saturated rings. The molecule has 1 aliphatic heterocycles. The van der Waals surface area contributed by atoms with Gasteiger partial charge in [0.05, 0.1) is 20.1 Å². The van der Waals surface area contributed by atoms with Crippen molar-refractivity contribution < 1.29 is 14.3 Å². The molecule has 3 rings (SSSR count). The van der Waals surface area contributed by atoms with Gasteiger partial charge in [0.1, 0.15) is 11.5 Å². The van der Waals surface area contributed by atoms with Crippen LogP contribution in [0.15, 0.2) is 18.2 Å². The second kappa shape index (κ2) is 6.79. The summed E-state index contributed by atoms with van der Waals surface area (Å²) in [5.41, 5.74) is 7.26. The molecule has 0 spiro atoms. The first-order valence-corrected chi connectivity index (χ1v) is 8.39. The average molecular weight is 318 g/mol. The van der Waals surface area contributed by atoms with Crippen LogP contribution in [-0.2, 0) is 4.79 Å². The van der Waals surface area contributed by atoms with Gasteiger partial charge in [0.2, 0.25) is 5.91 Å². The van der Waals surface area contributed by atoms with Crippen LogP contribution in [0.3, 0.4) is 0 Å². The molecule has 5 heteroatoms. The van der Waals surface area contributed by atoms with Gasteiger partial charge in [0, 0.05) is 31.1 Å². The molecule has 0 radical (unpaired) electrons. The Bertz CT molecular complexity index is 553. The molecule has 2 N–H and O–H groups in total. The minimum Gasteiger partial charge on any atom is -0.497 e. The average Bonchev–Trinajstić information content (AvgIpc) is 3.22. The van der Waals surface area contributed by atoms with Gasteiger partial charge < -0.3 is 20.1 Å². The molecule has 126 valence electrons. The number of methoxy groups -OCH3 is 2. The molecule has 3 atom stereocenters. The van der Waals surface area contributed by atoms with Gasteiger partial charge in [-0.2, -0.15) is 0 Å². The highest BCUT2D eigenvalue weighted by Gasteiger charge is 2.36. The Morgan fingerprint density at radius 1 is 1.13 bits per heavy atom. The molecule has 23 heavy (non-hydrogen) atoms. The molecule has 1 saturated carbocycles. The first kappa shape index (κ1) is 16.1. The zero-order valence-corrected chi connectivity index (χ0v) is 14.0. The fraction of sp³-hybridized carbons (Fsp3) is 0.611. The maximum absolute atomic E-state index is 12.7. The van der Waals surface area contributed by atoms with Crippen LogP contribution >= 0.6 is 0 Å². The van der Waals surface area contributed by atoms with E-state index < -0.39 is 0 Å². The topological polar surface area (TPSA) is 64.8 Å². The highest BCUT2D eigenvalue weighted by molar-refractivity contribution is 5.80. The SMILES string of the molecule is COc1cc(OC)cc([C@@H]2CCN(C(=O)[C@H]3CCC[C@@H]3N)C2)c1. The number of ether oxygens (including phenoxy) is 2. The maximum atomic E-state index is 12.7. The summed E-state index contributed by atoms with van der Waals surface area (Å²) in [5.74, 6) is 2.19. The van der Waals surface area contributed by atoms with Gasteiger partial charge in [-0.3, -0.25) is 4.79 Å². The molecular formula is C18H26N2O3. The first-order chi connectivity index (χ1) is 11.1. The van der Waals surface area contributed by atoms with Crippen molar-refractivity contribution in [2.75, 3.05) is 27.3 Å². The van der Waals surface area contributed by atoms with Gasteiger partial charge in [0.15, 0.2) is 0 Å². The lowest BCUT2D eigenvalue weighted by atomic mass is 9.97. The van der Waals surface area contributed by atoms with E-state index in [0.29, 0.717) is 5.92 Å². The smallest absolute Gasteiger partial charge is 0.227 e. The Morgan fingerprint density at radius 2 is 1.83 bits per heavy atom. The van der Waals surface area contributed by atoms with Crippen molar-refractivity contribution in [2.45, 2.75) is 37.6 Å². The second-order valence-corrected chi connectivity index (χ2v) is 6.62. The van der Waals surface area contributed by atoms with Crippen molar-refractivity contribution in [3.05, 3.63) is 23.8 Å². The van der Waals surface area contributed by atoms with Crippen LogP contribution in [0, 0.1) is 5.92 Å². The molecule has 1 aromatic rings. The van der Waals surface area contributed by atoms with Gasteiger partial charge in [0.25, 0.3) is 0 Å². The van der Waals surface area contributed by atoms with E-state index in [1.165, 1.54) is 5.56 Å². The van der Waals surface area contributed by atoms with Crippen LogP contribution in [0.5, 0.6) is 11.5 Å². The van der Waals surface area contributed by atoms with E-state index in [-0.39, 0.29) is 17.9 Å². The van der Waals surface area contributed by atoms with E-state index in [9.17, 15) is 4.79 Å². The van der Waals surface area contributed by atoms with Gasteiger partial charge in [-0.05, 0) is 37.0 Å². The number of rotatable bonds is 4. The van der Waals surface area contributed by atoms with Gasteiger partial charge in [-0.1, -0.05) is 6.42 Å². The summed E-state index contributed by atoms with van der Waals surface area (Å²) in [4.78, 5) is 14.7. The summed E-state index contributed by atoms with van der Waals surface area (Å²) < 4.78 is 10.7. The number of hydrogen-bond donors (Lipinski definition) is 1. The molecule has 1 heterocycles. The zero-order valence-electron chi connectivity index (χ0n) is 14.0. The van der Waals surface area contributed by atoms with Crippen LogP contribution in [0.4, 0.5) is 0 Å². The van der Waals surface area contributed by atoms with E-state index in [4.69, 9.17) is 15.2 Å². The fourth-order valence-corrected chi connectivity index (χ4v) is 3.83. The summed E-state index contributed by atoms with van der Waals surface area (Å²) in [6.45, 7) is 1.57. The van der Waals surface area contributed by atoms with Crippen LogP contribution in [-0.4, -0.2) is 44.2 Å². The Labute approximate surface area is 137 Å². The molecule has 2 aliphatic rings. The Morgan fingerprint density at radius 3 is 2.39 bits per heavy atom. The number of carbonyl (C=O) groups is 1. The molecule has 1 amide bonds. The lowest BCUT2D eigenvalue weighted by Gasteiger charge is -2.23. The van der Waals surface area contributed by atoms with Crippen LogP contribution < -0.4 is 15.2 Å². The lowest BCUT2D eigenvalue weighted by Crippen LogP contribution is -2.40. The first-order valence-electron chi connectivity index (χ1n) is 8.39. The van der Waals surface area contributed by atoms with Crippen molar-refractivity contribution in [3.8, 4) is 11.5 Å². The molecule has 5 nitrogen and oxygen atoms in total. The zero-order chi connectivity index (χ0) is 16.4. The number of carbonyl (C=O) groups excluding carboxylic acids is 1. The molecule has 1 aliphatic carbocycles. The maximum Gasteiger partial charge on any atom is 0.227 e. The van der Waals surface area contributed by atoms with E-state index in [2.05, 4.69) is 0 Å². The third kappa shape index (κ3) is 3.29. The summed E-state index contributed by atoms with van der Waals surface area (Å²) >= 11 is 0. The van der Waals surface area contributed by atoms with E-state index in [1.54, 1.807) is 14.2 Å². The monoisotopic (exact) mass is 318 g/mol. The van der Waals surface area contributed by atoms with Gasteiger partial charge in [-0.25, -0.2) is 0 Å². The summed E-state index contributed by atoms with van der Waals surface area (Å²) in [7, 11) is 3.31. The van der Waals surface area contributed by atoms with Crippen molar-refractivity contribution in [2.24, 2.45) is 11.7 Å². The highest BCUT2D eigenvalue weighted by atomic mass is 16.5. The van der Waals surface area contributed by atoms with Crippen LogP contribution in [0.1, 0.15) is 37.2 Å². The minimum atomic E-state index is 0.0218. The van der Waals surface area contributed by atoms with E-state index >= 15 is 0 Å². The molecular weight excluding hydrogens is 292 g/mol. The Hall–Kier alpha value is -1.75. The van der Waals surface area contributed by atoms with Crippen LogP contribution in [0.2, 0.25) is 0 Å². The summed E-state index contributed by atoms with van der Waals surface area (Å²) in [5, 5.41) is 0. The largest absolute Gasteiger partial charge is 0.497 e. The van der Waals surface area contributed by atoms with Crippen molar-refractivity contribution >= 4 is 5.91 Å². The number of likely N-dealkylation sites (tertiary alicyclic amines) is 1.